The Kier molecular flexibility index (Phi) is 31.6. The third kappa shape index (κ3) is 36.7. The van der Waals surface area contributed by atoms with Gasteiger partial charge in [-0.05, 0) is 50.9 Å². The maximum absolute atomic E-state index is 12.5. The van der Waals surface area contributed by atoms with Crippen LogP contribution in [0.1, 0.15) is 117 Å². The summed E-state index contributed by atoms with van der Waals surface area (Å²) in [5.41, 5.74) is 0. The predicted octanol–water partition coefficient (Wildman–Crippen LogP) is 7.71. The molecule has 0 aliphatic carbocycles. The van der Waals surface area contributed by atoms with Crippen LogP contribution < -0.4 is 0 Å². The van der Waals surface area contributed by atoms with Crippen LogP contribution in [0, 0.1) is 5.92 Å². The van der Waals surface area contributed by atoms with Gasteiger partial charge in [-0.25, -0.2) is 9.13 Å². The number of phosphoric acid groups is 2. The minimum atomic E-state index is -4.87. The number of hydrogen-bond acceptors (Lipinski definition) is 11. The van der Waals surface area contributed by atoms with Gasteiger partial charge in [0.1, 0.15) is 12.7 Å². The number of aliphatic hydroxyl groups is 2. The van der Waals surface area contributed by atoms with Gasteiger partial charge >= 0.3 is 27.6 Å². The Morgan fingerprint density at radius 2 is 1.20 bits per heavy atom. The van der Waals surface area contributed by atoms with Gasteiger partial charge in [0.25, 0.3) is 0 Å². The van der Waals surface area contributed by atoms with Gasteiger partial charge in [-0.2, -0.15) is 0 Å². The summed E-state index contributed by atoms with van der Waals surface area (Å²) in [7, 11) is -9.69. The molecule has 312 valence electrons. The van der Waals surface area contributed by atoms with Crippen LogP contribution in [0.25, 0.3) is 0 Å². The molecule has 0 amide bonds. The number of phosphoric ester groups is 2. The van der Waals surface area contributed by atoms with Gasteiger partial charge in [0.15, 0.2) is 6.10 Å². The predicted molar refractivity (Wildman–Crippen MR) is 208 cm³/mol. The van der Waals surface area contributed by atoms with E-state index in [0.717, 1.165) is 44.9 Å². The summed E-state index contributed by atoms with van der Waals surface area (Å²) in [4.78, 5) is 52.3. The normalized spacial score (nSPS) is 15.6. The first-order valence-corrected chi connectivity index (χ1v) is 22.0. The zero-order valence-electron chi connectivity index (χ0n) is 32.3. The Bertz CT molecular complexity index is 1220. The minimum Gasteiger partial charge on any atom is -0.462 e. The Morgan fingerprint density at radius 3 is 1.83 bits per heavy atom. The number of carbonyl (C=O) groups is 2. The fraction of sp³-hybridized carbons (Fsp3) is 0.684. The van der Waals surface area contributed by atoms with Crippen molar-refractivity contribution in [2.45, 2.75) is 135 Å². The van der Waals surface area contributed by atoms with Gasteiger partial charge in [-0.3, -0.25) is 23.2 Å². The zero-order chi connectivity index (χ0) is 40.5. The number of esters is 2. The average molecular weight is 809 g/mol. The van der Waals surface area contributed by atoms with Crippen molar-refractivity contribution in [3.05, 3.63) is 60.8 Å². The first-order chi connectivity index (χ1) is 25.6. The molecule has 0 aliphatic heterocycles. The first-order valence-electron chi connectivity index (χ1n) is 18.9. The summed E-state index contributed by atoms with van der Waals surface area (Å²) in [6, 6.07) is 0. The maximum atomic E-state index is 12.5. The lowest BCUT2D eigenvalue weighted by molar-refractivity contribution is -0.161. The smallest absolute Gasteiger partial charge is 0.462 e. The van der Waals surface area contributed by atoms with Crippen molar-refractivity contribution >= 4 is 27.6 Å². The fourth-order valence-corrected chi connectivity index (χ4v) is 5.61. The van der Waals surface area contributed by atoms with Crippen molar-refractivity contribution in [2.24, 2.45) is 5.92 Å². The Morgan fingerprint density at radius 1 is 0.648 bits per heavy atom. The lowest BCUT2D eigenvalue weighted by atomic mass is 10.0. The molecule has 0 aromatic heterocycles. The number of ether oxygens (including phenoxy) is 2. The molecule has 0 bridgehead atoms. The molecule has 0 rings (SSSR count). The molecule has 0 saturated carbocycles. The first kappa shape index (κ1) is 51.8. The number of unbranched alkanes of at least 4 members (excludes halogenated alkanes) is 6. The summed E-state index contributed by atoms with van der Waals surface area (Å²) < 4.78 is 47.4. The van der Waals surface area contributed by atoms with Crippen LogP contribution in [0.15, 0.2) is 60.8 Å². The standard InChI is InChI=1S/C38H66O14P2/c1-4-34(39)26-22-18-13-11-9-7-5-6-8-10-12-14-19-23-27-37(41)48-31-36(52-38(42)28-24-20-16-15-17-21-25-33(2)3)32-51-54(46,47)50-30-35(40)29-49-53(43,44)45/h6-9,12-14,18,22,26,33-36,39-40H,4-5,10-11,15-17,19-21,23-25,27-32H2,1-3H3,(H,46,47)(H2,43,44,45)/b8-6-,9-7-,14-12-,18-13-,26-22+/t34-,35-,36+/m0/s1. The highest BCUT2D eigenvalue weighted by Gasteiger charge is 2.28. The van der Waals surface area contributed by atoms with Crippen molar-refractivity contribution in [2.75, 3.05) is 26.4 Å². The van der Waals surface area contributed by atoms with Gasteiger partial charge in [0, 0.05) is 12.8 Å². The molecule has 1 unspecified atom stereocenters. The number of rotatable bonds is 34. The van der Waals surface area contributed by atoms with Crippen molar-refractivity contribution < 1.29 is 66.7 Å². The second-order valence-electron chi connectivity index (χ2n) is 13.2. The molecule has 0 aliphatic rings. The molecule has 0 radical (unpaired) electrons. The van der Waals surface area contributed by atoms with E-state index in [4.69, 9.17) is 23.8 Å². The van der Waals surface area contributed by atoms with E-state index in [2.05, 4.69) is 47.2 Å². The average Bonchev–Trinajstić information content (AvgIpc) is 3.11. The second-order valence-corrected chi connectivity index (χ2v) is 15.8. The molecule has 14 nitrogen and oxygen atoms in total. The molecular formula is C38H66O14P2. The summed E-state index contributed by atoms with van der Waals surface area (Å²) in [5.74, 6) is -0.452. The van der Waals surface area contributed by atoms with E-state index in [1.807, 2.05) is 37.3 Å². The number of carbonyl (C=O) groups excluding carboxylic acids is 2. The van der Waals surface area contributed by atoms with Gasteiger partial charge in [0.05, 0.1) is 25.9 Å². The Labute approximate surface area is 322 Å². The second kappa shape index (κ2) is 33.0. The molecule has 4 atom stereocenters. The van der Waals surface area contributed by atoms with E-state index < -0.39 is 72.3 Å². The molecule has 54 heavy (non-hydrogen) atoms. The molecule has 0 heterocycles. The lowest BCUT2D eigenvalue weighted by Gasteiger charge is -2.20. The van der Waals surface area contributed by atoms with Crippen LogP contribution in [-0.2, 0) is 41.8 Å². The molecule has 0 spiro atoms. The fourth-order valence-electron chi connectivity index (χ4n) is 4.46. The van der Waals surface area contributed by atoms with Crippen LogP contribution in [-0.4, -0.2) is 81.6 Å². The quantitative estimate of drug-likeness (QED) is 0.0138. The molecule has 0 aromatic carbocycles. The highest BCUT2D eigenvalue weighted by Crippen LogP contribution is 2.43. The molecule has 16 heteroatoms. The highest BCUT2D eigenvalue weighted by molar-refractivity contribution is 7.47. The van der Waals surface area contributed by atoms with E-state index in [-0.39, 0.29) is 12.8 Å². The third-order valence-electron chi connectivity index (χ3n) is 7.50. The lowest BCUT2D eigenvalue weighted by Crippen LogP contribution is -2.30. The van der Waals surface area contributed by atoms with Crippen molar-refractivity contribution in [3.63, 3.8) is 0 Å². The number of hydrogen-bond donors (Lipinski definition) is 5. The highest BCUT2D eigenvalue weighted by atomic mass is 31.2. The molecular weight excluding hydrogens is 742 g/mol. The number of aliphatic hydroxyl groups excluding tert-OH is 2. The van der Waals surface area contributed by atoms with Crippen LogP contribution in [0.5, 0.6) is 0 Å². The molecule has 0 aromatic rings. The molecule has 5 N–H and O–H groups in total. The van der Waals surface area contributed by atoms with Crippen LogP contribution >= 0.6 is 15.6 Å². The summed E-state index contributed by atoms with van der Waals surface area (Å²) in [5, 5.41) is 19.2. The Hall–Kier alpha value is -2.22. The van der Waals surface area contributed by atoms with E-state index in [9.17, 15) is 33.8 Å². The largest absolute Gasteiger partial charge is 0.472 e. The number of allylic oxidation sites excluding steroid dienone is 9. The maximum Gasteiger partial charge on any atom is 0.472 e. The van der Waals surface area contributed by atoms with Crippen molar-refractivity contribution in [1.82, 2.24) is 0 Å². The van der Waals surface area contributed by atoms with E-state index in [0.29, 0.717) is 31.6 Å². The van der Waals surface area contributed by atoms with E-state index >= 15 is 0 Å². The van der Waals surface area contributed by atoms with Gasteiger partial charge in [-0.1, -0.05) is 120 Å². The Balaban J connectivity index is 4.66. The zero-order valence-corrected chi connectivity index (χ0v) is 34.1. The van der Waals surface area contributed by atoms with E-state index in [1.165, 1.54) is 12.8 Å². The molecule has 0 fully saturated rings. The SMILES string of the molecule is CC[C@H](O)/C=C/C=C\C/C=C\C/C=C\C/C=C\CCCC(=O)OC[C@H](COP(=O)(O)OC[C@@H](O)COP(=O)(O)O)OC(=O)CCCCCCCCC(C)C. The summed E-state index contributed by atoms with van der Waals surface area (Å²) >= 11 is 0. The topological polar surface area (TPSA) is 216 Å². The van der Waals surface area contributed by atoms with Crippen molar-refractivity contribution in [3.8, 4) is 0 Å². The summed E-state index contributed by atoms with van der Waals surface area (Å²) in [6.45, 7) is 3.51. The monoisotopic (exact) mass is 808 g/mol. The summed E-state index contributed by atoms with van der Waals surface area (Å²) in [6.07, 6.45) is 28.0. The molecule has 0 saturated heterocycles. The van der Waals surface area contributed by atoms with Gasteiger partial charge in [-0.15, -0.1) is 0 Å². The minimum absolute atomic E-state index is 0.100. The third-order valence-corrected chi connectivity index (χ3v) is 8.93. The van der Waals surface area contributed by atoms with Crippen LogP contribution in [0.2, 0.25) is 0 Å². The van der Waals surface area contributed by atoms with Gasteiger partial charge < -0.3 is 34.4 Å². The van der Waals surface area contributed by atoms with Crippen molar-refractivity contribution in [1.29, 1.82) is 0 Å². The van der Waals surface area contributed by atoms with Crippen LogP contribution in [0.4, 0.5) is 0 Å². The van der Waals surface area contributed by atoms with E-state index in [1.54, 1.807) is 6.08 Å². The van der Waals surface area contributed by atoms with Gasteiger partial charge in [0.2, 0.25) is 0 Å². The van der Waals surface area contributed by atoms with Crippen LogP contribution in [0.3, 0.4) is 0 Å².